The van der Waals surface area contributed by atoms with E-state index in [1.54, 1.807) is 12.1 Å². The van der Waals surface area contributed by atoms with Crippen molar-refractivity contribution in [3.63, 3.8) is 0 Å². The van der Waals surface area contributed by atoms with Crippen LogP contribution in [0.5, 0.6) is 5.75 Å². The van der Waals surface area contributed by atoms with Gasteiger partial charge in [-0.05, 0) is 44.0 Å². The fourth-order valence-corrected chi connectivity index (χ4v) is 2.57. The van der Waals surface area contributed by atoms with Crippen molar-refractivity contribution >= 4 is 34.8 Å². The maximum atomic E-state index is 12.2. The molecule has 0 heterocycles. The topological polar surface area (TPSA) is 67.4 Å². The Labute approximate surface area is 152 Å². The third kappa shape index (κ3) is 4.97. The summed E-state index contributed by atoms with van der Waals surface area (Å²) >= 11 is 6.04. The fourth-order valence-electron chi connectivity index (χ4n) is 2.42. The first-order chi connectivity index (χ1) is 11.8. The molecule has 2 aromatic rings. The van der Waals surface area contributed by atoms with Crippen LogP contribution in [-0.4, -0.2) is 18.9 Å². The van der Waals surface area contributed by atoms with Crippen LogP contribution in [0.3, 0.4) is 0 Å². The van der Waals surface area contributed by atoms with Gasteiger partial charge in [0.25, 0.3) is 0 Å². The molecule has 2 amide bonds. The van der Waals surface area contributed by atoms with Gasteiger partial charge < -0.3 is 15.4 Å². The Morgan fingerprint density at radius 3 is 2.20 bits per heavy atom. The number of rotatable bonds is 5. The molecule has 2 aromatic carbocycles. The number of halogens is 1. The normalized spacial score (nSPS) is 10.3. The van der Waals surface area contributed by atoms with Gasteiger partial charge in [-0.15, -0.1) is 0 Å². The predicted octanol–water partition coefficient (Wildman–Crippen LogP) is 4.24. The molecule has 0 aliphatic heterocycles. The summed E-state index contributed by atoms with van der Waals surface area (Å²) in [7, 11) is 1.49. The number of carbonyl (C=O) groups excluding carboxylic acids is 2. The second-order valence-electron chi connectivity index (χ2n) is 5.89. The second-order valence-corrected chi connectivity index (χ2v) is 6.30. The van der Waals surface area contributed by atoms with Crippen molar-refractivity contribution in [2.75, 3.05) is 17.7 Å². The molecule has 6 heteroatoms. The number of benzene rings is 2. The molecule has 5 nitrogen and oxygen atoms in total. The summed E-state index contributed by atoms with van der Waals surface area (Å²) in [5, 5.41) is 5.98. The molecule has 0 aliphatic rings. The summed E-state index contributed by atoms with van der Waals surface area (Å²) in [6.07, 6.45) is -0.294. The van der Waals surface area contributed by atoms with E-state index in [-0.39, 0.29) is 12.3 Å². The Morgan fingerprint density at radius 2 is 1.60 bits per heavy atom. The van der Waals surface area contributed by atoms with Gasteiger partial charge in [0.1, 0.15) is 12.2 Å². The Kier molecular flexibility index (Phi) is 6.04. The molecule has 0 spiro atoms. The standard InChI is InChI=1S/C19H21ClN2O3/c1-11-5-6-15(13(3)7-11)21-18(23)10-19(24)22-16-8-12(2)14(20)9-17(16)25-4/h5-9H,10H2,1-4H3,(H,21,23)(H,22,24). The van der Waals surface area contributed by atoms with Crippen LogP contribution in [0.15, 0.2) is 30.3 Å². The van der Waals surface area contributed by atoms with Crippen LogP contribution in [0.1, 0.15) is 23.1 Å². The second kappa shape index (κ2) is 8.03. The van der Waals surface area contributed by atoms with Crippen LogP contribution in [0.2, 0.25) is 5.02 Å². The van der Waals surface area contributed by atoms with Crippen LogP contribution in [0.25, 0.3) is 0 Å². The van der Waals surface area contributed by atoms with Gasteiger partial charge in [0.15, 0.2) is 0 Å². The highest BCUT2D eigenvalue weighted by Gasteiger charge is 2.14. The molecule has 25 heavy (non-hydrogen) atoms. The maximum Gasteiger partial charge on any atom is 0.233 e. The summed E-state index contributed by atoms with van der Waals surface area (Å²) in [6.45, 7) is 5.71. The van der Waals surface area contributed by atoms with Gasteiger partial charge in [0, 0.05) is 16.8 Å². The Balaban J connectivity index is 2.02. The number of methoxy groups -OCH3 is 1. The van der Waals surface area contributed by atoms with Crippen molar-refractivity contribution in [1.82, 2.24) is 0 Å². The fraction of sp³-hybridized carbons (Fsp3) is 0.263. The third-order valence-electron chi connectivity index (χ3n) is 3.73. The third-order valence-corrected chi connectivity index (χ3v) is 4.14. The highest BCUT2D eigenvalue weighted by atomic mass is 35.5. The van der Waals surface area contributed by atoms with Crippen molar-refractivity contribution in [2.24, 2.45) is 0 Å². The van der Waals surface area contributed by atoms with Crippen molar-refractivity contribution < 1.29 is 14.3 Å². The van der Waals surface area contributed by atoms with Crippen LogP contribution < -0.4 is 15.4 Å². The first-order valence-electron chi connectivity index (χ1n) is 7.81. The first kappa shape index (κ1) is 18.8. The van der Waals surface area contributed by atoms with Crippen LogP contribution in [0.4, 0.5) is 11.4 Å². The molecule has 2 rings (SSSR count). The number of anilines is 2. The molecule has 2 N–H and O–H groups in total. The minimum atomic E-state index is -0.428. The highest BCUT2D eigenvalue weighted by Crippen LogP contribution is 2.31. The van der Waals surface area contributed by atoms with E-state index in [9.17, 15) is 9.59 Å². The summed E-state index contributed by atoms with van der Waals surface area (Å²) in [5.74, 6) is -0.366. The van der Waals surface area contributed by atoms with E-state index in [0.29, 0.717) is 22.1 Å². The molecule has 0 fully saturated rings. The minimum absolute atomic E-state index is 0.294. The molecule has 0 unspecified atom stereocenters. The van der Waals surface area contributed by atoms with Gasteiger partial charge in [-0.1, -0.05) is 29.3 Å². The van der Waals surface area contributed by atoms with Gasteiger partial charge in [0.2, 0.25) is 11.8 Å². The van der Waals surface area contributed by atoms with Crippen molar-refractivity contribution in [3.05, 3.63) is 52.0 Å². The number of carbonyl (C=O) groups is 2. The van der Waals surface area contributed by atoms with E-state index in [2.05, 4.69) is 10.6 Å². The van der Waals surface area contributed by atoms with Crippen LogP contribution in [0, 0.1) is 20.8 Å². The average molecular weight is 361 g/mol. The van der Waals surface area contributed by atoms with Crippen molar-refractivity contribution in [2.45, 2.75) is 27.2 Å². The predicted molar refractivity (Wildman–Crippen MR) is 101 cm³/mol. The van der Waals surface area contributed by atoms with Crippen LogP contribution in [-0.2, 0) is 9.59 Å². The lowest BCUT2D eigenvalue weighted by Gasteiger charge is -2.13. The summed E-state index contributed by atoms with van der Waals surface area (Å²) < 4.78 is 5.21. The quantitative estimate of drug-likeness (QED) is 0.783. The van der Waals surface area contributed by atoms with E-state index in [4.69, 9.17) is 16.3 Å². The number of hydrogen-bond acceptors (Lipinski definition) is 3. The average Bonchev–Trinajstić information content (AvgIpc) is 2.53. The Morgan fingerprint density at radius 1 is 0.960 bits per heavy atom. The zero-order valence-electron chi connectivity index (χ0n) is 14.7. The van der Waals surface area contributed by atoms with E-state index in [0.717, 1.165) is 16.7 Å². The summed E-state index contributed by atoms with van der Waals surface area (Å²) in [6, 6.07) is 9.04. The summed E-state index contributed by atoms with van der Waals surface area (Å²) in [4.78, 5) is 24.3. The van der Waals surface area contributed by atoms with E-state index >= 15 is 0 Å². The van der Waals surface area contributed by atoms with Crippen LogP contribution >= 0.6 is 11.6 Å². The van der Waals surface area contributed by atoms with E-state index < -0.39 is 5.91 Å². The van der Waals surface area contributed by atoms with Gasteiger partial charge >= 0.3 is 0 Å². The molecule has 0 radical (unpaired) electrons. The zero-order chi connectivity index (χ0) is 18.6. The Bertz CT molecular complexity index is 819. The van der Waals surface area contributed by atoms with E-state index in [1.807, 2.05) is 39.0 Å². The highest BCUT2D eigenvalue weighted by molar-refractivity contribution is 6.31. The SMILES string of the molecule is COc1cc(Cl)c(C)cc1NC(=O)CC(=O)Nc1ccc(C)cc1C. The van der Waals surface area contributed by atoms with E-state index in [1.165, 1.54) is 7.11 Å². The van der Waals surface area contributed by atoms with Gasteiger partial charge in [-0.25, -0.2) is 0 Å². The zero-order valence-corrected chi connectivity index (χ0v) is 15.5. The summed E-state index contributed by atoms with van der Waals surface area (Å²) in [5.41, 5.74) is 4.04. The smallest absolute Gasteiger partial charge is 0.233 e. The largest absolute Gasteiger partial charge is 0.495 e. The number of ether oxygens (including phenoxy) is 1. The molecule has 0 aliphatic carbocycles. The van der Waals surface area contributed by atoms with Gasteiger partial charge in [-0.2, -0.15) is 0 Å². The van der Waals surface area contributed by atoms with Gasteiger partial charge in [0.05, 0.1) is 12.8 Å². The maximum absolute atomic E-state index is 12.2. The van der Waals surface area contributed by atoms with Crippen molar-refractivity contribution in [1.29, 1.82) is 0 Å². The molecule has 132 valence electrons. The monoisotopic (exact) mass is 360 g/mol. The molecule has 0 atom stereocenters. The molecule has 0 saturated heterocycles. The molecule has 0 aromatic heterocycles. The van der Waals surface area contributed by atoms with Crippen molar-refractivity contribution in [3.8, 4) is 5.75 Å². The number of aryl methyl sites for hydroxylation is 3. The number of nitrogens with one attached hydrogen (secondary N) is 2. The molecule has 0 bridgehead atoms. The lowest BCUT2D eigenvalue weighted by Crippen LogP contribution is -2.22. The minimum Gasteiger partial charge on any atom is -0.495 e. The molecular weight excluding hydrogens is 340 g/mol. The van der Waals surface area contributed by atoms with Gasteiger partial charge in [-0.3, -0.25) is 9.59 Å². The molecule has 0 saturated carbocycles. The molecular formula is C19H21ClN2O3. The first-order valence-corrected chi connectivity index (χ1v) is 8.19. The number of hydrogen-bond donors (Lipinski definition) is 2. The number of amides is 2. The lowest BCUT2D eigenvalue weighted by atomic mass is 10.1. The lowest BCUT2D eigenvalue weighted by molar-refractivity contribution is -0.123. The Hall–Kier alpha value is -2.53.